The lowest BCUT2D eigenvalue weighted by Crippen LogP contribution is -2.14. The van der Waals surface area contributed by atoms with Gasteiger partial charge in [0.15, 0.2) is 0 Å². The van der Waals surface area contributed by atoms with E-state index >= 15 is 0 Å². The minimum absolute atomic E-state index is 0.0693. The lowest BCUT2D eigenvalue weighted by atomic mass is 10.2. The number of nitrogens with zero attached hydrogens (tertiary/aromatic N) is 1. The van der Waals surface area contributed by atoms with Crippen molar-refractivity contribution in [2.24, 2.45) is 0 Å². The molecule has 1 aromatic heterocycles. The van der Waals surface area contributed by atoms with Crippen LogP contribution in [0.5, 0.6) is 0 Å². The number of carbonyl (C=O) groups is 2. The molecule has 0 aliphatic heterocycles. The Kier molecular flexibility index (Phi) is 3.69. The SMILES string of the molecule is O=C(Nc1ccc(F)c(C(=O)O)c1)c1cccc(F)n1. The van der Waals surface area contributed by atoms with Crippen LogP contribution in [0.3, 0.4) is 0 Å². The van der Waals surface area contributed by atoms with Crippen LogP contribution in [-0.2, 0) is 0 Å². The van der Waals surface area contributed by atoms with Crippen molar-refractivity contribution in [2.75, 3.05) is 5.32 Å². The molecular weight excluding hydrogens is 270 g/mol. The van der Waals surface area contributed by atoms with Gasteiger partial charge in [-0.15, -0.1) is 0 Å². The van der Waals surface area contributed by atoms with E-state index in [0.717, 1.165) is 18.2 Å². The van der Waals surface area contributed by atoms with Crippen molar-refractivity contribution in [1.29, 1.82) is 0 Å². The predicted octanol–water partition coefficient (Wildman–Crippen LogP) is 2.31. The molecule has 7 heteroatoms. The van der Waals surface area contributed by atoms with Gasteiger partial charge < -0.3 is 10.4 Å². The minimum atomic E-state index is -1.46. The molecule has 2 aromatic rings. The Morgan fingerprint density at radius 3 is 2.55 bits per heavy atom. The third-order valence-corrected chi connectivity index (χ3v) is 2.40. The molecule has 1 amide bonds. The Morgan fingerprint density at radius 1 is 1.15 bits per heavy atom. The highest BCUT2D eigenvalue weighted by Crippen LogP contribution is 2.15. The molecule has 0 saturated heterocycles. The number of hydrogen-bond donors (Lipinski definition) is 2. The number of rotatable bonds is 3. The van der Waals surface area contributed by atoms with Crippen LogP contribution in [0.25, 0.3) is 0 Å². The van der Waals surface area contributed by atoms with Gasteiger partial charge in [0.2, 0.25) is 5.95 Å². The molecule has 0 fully saturated rings. The maximum absolute atomic E-state index is 13.2. The molecule has 0 spiro atoms. The fourth-order valence-corrected chi connectivity index (χ4v) is 1.50. The third-order valence-electron chi connectivity index (χ3n) is 2.40. The Morgan fingerprint density at radius 2 is 1.90 bits per heavy atom. The fraction of sp³-hybridized carbons (Fsp3) is 0. The van der Waals surface area contributed by atoms with Gasteiger partial charge in [-0.2, -0.15) is 4.39 Å². The number of hydrogen-bond acceptors (Lipinski definition) is 3. The summed E-state index contributed by atoms with van der Waals surface area (Å²) < 4.78 is 26.0. The van der Waals surface area contributed by atoms with E-state index in [1.165, 1.54) is 18.2 Å². The van der Waals surface area contributed by atoms with Gasteiger partial charge in [0.1, 0.15) is 11.5 Å². The largest absolute Gasteiger partial charge is 0.478 e. The van der Waals surface area contributed by atoms with Crippen molar-refractivity contribution in [1.82, 2.24) is 4.98 Å². The summed E-state index contributed by atoms with van der Waals surface area (Å²) in [5.74, 6) is -3.92. The summed E-state index contributed by atoms with van der Waals surface area (Å²) in [6, 6.07) is 6.76. The number of aromatic carboxylic acids is 1. The molecule has 0 aliphatic rings. The van der Waals surface area contributed by atoms with E-state index in [1.54, 1.807) is 0 Å². The quantitative estimate of drug-likeness (QED) is 0.844. The zero-order valence-corrected chi connectivity index (χ0v) is 9.93. The van der Waals surface area contributed by atoms with Crippen LogP contribution in [0.4, 0.5) is 14.5 Å². The Bertz CT molecular complexity index is 689. The van der Waals surface area contributed by atoms with E-state index in [9.17, 15) is 18.4 Å². The molecular formula is C13H8F2N2O3. The molecule has 0 aliphatic carbocycles. The number of aromatic nitrogens is 1. The first kappa shape index (κ1) is 13.6. The molecule has 5 nitrogen and oxygen atoms in total. The van der Waals surface area contributed by atoms with Gasteiger partial charge in [0, 0.05) is 5.69 Å². The standard InChI is InChI=1S/C13H8F2N2O3/c14-9-5-4-7(6-8(9)13(19)20)16-12(18)10-2-1-3-11(15)17-10/h1-6H,(H,16,18)(H,19,20). The summed E-state index contributed by atoms with van der Waals surface area (Å²) in [4.78, 5) is 25.9. The highest BCUT2D eigenvalue weighted by Gasteiger charge is 2.13. The summed E-state index contributed by atoms with van der Waals surface area (Å²) in [5.41, 5.74) is -0.680. The highest BCUT2D eigenvalue weighted by atomic mass is 19.1. The summed E-state index contributed by atoms with van der Waals surface area (Å²) in [6.45, 7) is 0. The molecule has 0 atom stereocenters. The van der Waals surface area contributed by atoms with Crippen LogP contribution in [0.2, 0.25) is 0 Å². The number of pyridine rings is 1. The summed E-state index contributed by atoms with van der Waals surface area (Å²) >= 11 is 0. The van der Waals surface area contributed by atoms with Gasteiger partial charge in [-0.3, -0.25) is 4.79 Å². The molecule has 0 saturated carbocycles. The van der Waals surface area contributed by atoms with E-state index in [4.69, 9.17) is 5.11 Å². The average Bonchev–Trinajstić information content (AvgIpc) is 2.40. The van der Waals surface area contributed by atoms with E-state index in [-0.39, 0.29) is 11.4 Å². The molecule has 1 heterocycles. The predicted molar refractivity (Wildman–Crippen MR) is 65.5 cm³/mol. The highest BCUT2D eigenvalue weighted by molar-refractivity contribution is 6.03. The average molecular weight is 278 g/mol. The van der Waals surface area contributed by atoms with Crippen LogP contribution in [0.1, 0.15) is 20.8 Å². The van der Waals surface area contributed by atoms with Crippen molar-refractivity contribution < 1.29 is 23.5 Å². The number of amides is 1. The van der Waals surface area contributed by atoms with Crippen LogP contribution in [0, 0.1) is 11.8 Å². The topological polar surface area (TPSA) is 79.3 Å². The van der Waals surface area contributed by atoms with Gasteiger partial charge >= 0.3 is 5.97 Å². The molecule has 0 radical (unpaired) electrons. The maximum atomic E-state index is 13.2. The van der Waals surface area contributed by atoms with Crippen LogP contribution >= 0.6 is 0 Å². The van der Waals surface area contributed by atoms with Crippen LogP contribution < -0.4 is 5.32 Å². The third kappa shape index (κ3) is 2.94. The number of halogens is 2. The first-order valence-electron chi connectivity index (χ1n) is 5.44. The molecule has 0 bridgehead atoms. The Labute approximate surface area is 111 Å². The normalized spacial score (nSPS) is 10.1. The zero-order chi connectivity index (χ0) is 14.7. The van der Waals surface area contributed by atoms with Gasteiger partial charge in [0.05, 0.1) is 5.56 Å². The molecule has 0 unspecified atom stereocenters. The van der Waals surface area contributed by atoms with Crippen molar-refractivity contribution in [3.8, 4) is 0 Å². The van der Waals surface area contributed by atoms with Crippen LogP contribution in [-0.4, -0.2) is 22.0 Å². The number of anilines is 1. The maximum Gasteiger partial charge on any atom is 0.338 e. The van der Waals surface area contributed by atoms with Crippen molar-refractivity contribution in [3.05, 3.63) is 59.4 Å². The van der Waals surface area contributed by atoms with Gasteiger partial charge in [-0.05, 0) is 30.3 Å². The molecule has 20 heavy (non-hydrogen) atoms. The second kappa shape index (κ2) is 5.43. The zero-order valence-electron chi connectivity index (χ0n) is 9.93. The van der Waals surface area contributed by atoms with E-state index in [0.29, 0.717) is 0 Å². The number of carbonyl (C=O) groups excluding carboxylic acids is 1. The monoisotopic (exact) mass is 278 g/mol. The van der Waals surface area contributed by atoms with Crippen molar-refractivity contribution in [3.63, 3.8) is 0 Å². The number of nitrogens with one attached hydrogen (secondary N) is 1. The van der Waals surface area contributed by atoms with E-state index in [2.05, 4.69) is 10.3 Å². The van der Waals surface area contributed by atoms with Crippen molar-refractivity contribution in [2.45, 2.75) is 0 Å². The first-order chi connectivity index (χ1) is 9.47. The molecule has 102 valence electrons. The second-order valence-electron chi connectivity index (χ2n) is 3.80. The molecule has 2 rings (SSSR count). The van der Waals surface area contributed by atoms with Crippen molar-refractivity contribution >= 4 is 17.6 Å². The number of carboxylic acids is 1. The van der Waals surface area contributed by atoms with Gasteiger partial charge in [-0.25, -0.2) is 14.2 Å². The lowest BCUT2D eigenvalue weighted by molar-refractivity contribution is 0.0691. The van der Waals surface area contributed by atoms with Gasteiger partial charge in [-0.1, -0.05) is 6.07 Å². The Hall–Kier alpha value is -2.83. The molecule has 1 aromatic carbocycles. The number of carboxylic acid groups (broad SMARTS) is 1. The fourth-order valence-electron chi connectivity index (χ4n) is 1.50. The minimum Gasteiger partial charge on any atom is -0.478 e. The summed E-state index contributed by atoms with van der Waals surface area (Å²) in [6.07, 6.45) is 0. The Balaban J connectivity index is 2.24. The first-order valence-corrected chi connectivity index (χ1v) is 5.44. The van der Waals surface area contributed by atoms with E-state index in [1.807, 2.05) is 0 Å². The molecule has 2 N–H and O–H groups in total. The van der Waals surface area contributed by atoms with E-state index < -0.39 is 29.2 Å². The summed E-state index contributed by atoms with van der Waals surface area (Å²) in [5, 5.41) is 11.1. The van der Waals surface area contributed by atoms with Crippen LogP contribution in [0.15, 0.2) is 36.4 Å². The number of benzene rings is 1. The second-order valence-corrected chi connectivity index (χ2v) is 3.80. The smallest absolute Gasteiger partial charge is 0.338 e. The summed E-state index contributed by atoms with van der Waals surface area (Å²) in [7, 11) is 0. The van der Waals surface area contributed by atoms with Gasteiger partial charge in [0.25, 0.3) is 5.91 Å². The lowest BCUT2D eigenvalue weighted by Gasteiger charge is -2.06.